The Balaban J connectivity index is 2.11. The van der Waals surface area contributed by atoms with Crippen molar-refractivity contribution in [1.82, 2.24) is 9.55 Å². The van der Waals surface area contributed by atoms with Crippen LogP contribution in [-0.4, -0.2) is 28.6 Å². The van der Waals surface area contributed by atoms with E-state index in [1.807, 2.05) is 18.2 Å². The molecule has 0 radical (unpaired) electrons. The van der Waals surface area contributed by atoms with Gasteiger partial charge >= 0.3 is 0 Å². The van der Waals surface area contributed by atoms with Crippen molar-refractivity contribution < 1.29 is 4.74 Å². The van der Waals surface area contributed by atoms with Crippen molar-refractivity contribution in [3.63, 3.8) is 0 Å². The van der Waals surface area contributed by atoms with Crippen LogP contribution in [0.1, 0.15) is 24.7 Å². The number of hydrogen-bond donors (Lipinski definition) is 0. The second-order valence-corrected chi connectivity index (χ2v) is 5.63. The Morgan fingerprint density at radius 2 is 2.11 bits per heavy atom. The molecule has 19 heavy (non-hydrogen) atoms. The third kappa shape index (κ3) is 2.60. The maximum atomic E-state index is 6.12. The van der Waals surface area contributed by atoms with Gasteiger partial charge in [-0.1, -0.05) is 11.6 Å². The number of rotatable bonds is 3. The van der Waals surface area contributed by atoms with E-state index < -0.39 is 0 Å². The summed E-state index contributed by atoms with van der Waals surface area (Å²) >= 11 is 12.0. The van der Waals surface area contributed by atoms with Gasteiger partial charge in [0.15, 0.2) is 0 Å². The third-order valence-corrected chi connectivity index (χ3v) is 4.02. The predicted octanol–water partition coefficient (Wildman–Crippen LogP) is 3.82. The molecule has 0 atom stereocenters. The number of ether oxygens (including phenoxy) is 1. The van der Waals surface area contributed by atoms with Crippen molar-refractivity contribution in [2.24, 2.45) is 0 Å². The SMILES string of the molecule is ClCCc1nc2ccc(Cl)cc2n1C1CCOCC1. The van der Waals surface area contributed by atoms with Crippen molar-refractivity contribution in [1.29, 1.82) is 0 Å². The molecule has 0 bridgehead atoms. The molecule has 2 aromatic rings. The van der Waals surface area contributed by atoms with Crippen molar-refractivity contribution in [2.75, 3.05) is 19.1 Å². The molecule has 0 unspecified atom stereocenters. The average Bonchev–Trinajstić information content (AvgIpc) is 2.77. The maximum absolute atomic E-state index is 6.12. The van der Waals surface area contributed by atoms with E-state index >= 15 is 0 Å². The zero-order valence-electron chi connectivity index (χ0n) is 10.6. The maximum Gasteiger partial charge on any atom is 0.111 e. The Hall–Kier alpha value is -0.770. The third-order valence-electron chi connectivity index (χ3n) is 3.60. The van der Waals surface area contributed by atoms with Crippen molar-refractivity contribution in [3.05, 3.63) is 29.0 Å². The van der Waals surface area contributed by atoms with Crippen LogP contribution in [0.3, 0.4) is 0 Å². The Morgan fingerprint density at radius 3 is 2.84 bits per heavy atom. The Morgan fingerprint density at radius 1 is 1.32 bits per heavy atom. The number of halogens is 2. The molecule has 1 aliphatic rings. The van der Waals surface area contributed by atoms with E-state index in [1.54, 1.807) is 0 Å². The fourth-order valence-corrected chi connectivity index (χ4v) is 3.06. The van der Waals surface area contributed by atoms with Gasteiger partial charge in [-0.3, -0.25) is 0 Å². The number of nitrogens with zero attached hydrogens (tertiary/aromatic N) is 2. The van der Waals surface area contributed by atoms with Gasteiger partial charge in [0, 0.05) is 36.6 Å². The highest BCUT2D eigenvalue weighted by Gasteiger charge is 2.21. The van der Waals surface area contributed by atoms with Crippen molar-refractivity contribution in [2.45, 2.75) is 25.3 Å². The van der Waals surface area contributed by atoms with Crippen LogP contribution >= 0.6 is 23.2 Å². The fraction of sp³-hybridized carbons (Fsp3) is 0.500. The smallest absolute Gasteiger partial charge is 0.111 e. The first kappa shape index (κ1) is 13.2. The monoisotopic (exact) mass is 298 g/mol. The van der Waals surface area contributed by atoms with E-state index in [4.69, 9.17) is 32.9 Å². The van der Waals surface area contributed by atoms with Gasteiger partial charge in [-0.05, 0) is 31.0 Å². The highest BCUT2D eigenvalue weighted by molar-refractivity contribution is 6.31. The minimum Gasteiger partial charge on any atom is -0.381 e. The van der Waals surface area contributed by atoms with E-state index in [0.717, 1.165) is 54.4 Å². The summed E-state index contributed by atoms with van der Waals surface area (Å²) in [5.41, 5.74) is 2.11. The molecule has 5 heteroatoms. The molecule has 3 nitrogen and oxygen atoms in total. The van der Waals surface area contributed by atoms with Gasteiger partial charge in [-0.2, -0.15) is 0 Å². The van der Waals surface area contributed by atoms with Crippen LogP contribution in [0.4, 0.5) is 0 Å². The molecule has 1 aliphatic heterocycles. The summed E-state index contributed by atoms with van der Waals surface area (Å²) in [7, 11) is 0. The van der Waals surface area contributed by atoms with E-state index in [-0.39, 0.29) is 0 Å². The van der Waals surface area contributed by atoms with Gasteiger partial charge in [0.1, 0.15) is 5.82 Å². The van der Waals surface area contributed by atoms with Gasteiger partial charge < -0.3 is 9.30 Å². The lowest BCUT2D eigenvalue weighted by Gasteiger charge is -2.25. The molecule has 1 aromatic heterocycles. The fourth-order valence-electron chi connectivity index (χ4n) is 2.73. The minimum atomic E-state index is 0.440. The first-order chi connectivity index (χ1) is 9.29. The van der Waals surface area contributed by atoms with E-state index in [2.05, 4.69) is 4.57 Å². The summed E-state index contributed by atoms with van der Waals surface area (Å²) in [5.74, 6) is 1.64. The van der Waals surface area contributed by atoms with Crippen LogP contribution in [0.2, 0.25) is 5.02 Å². The number of aromatic nitrogens is 2. The van der Waals surface area contributed by atoms with E-state index in [9.17, 15) is 0 Å². The number of aryl methyl sites for hydroxylation is 1. The summed E-state index contributed by atoms with van der Waals surface area (Å²) in [6.45, 7) is 1.62. The van der Waals surface area contributed by atoms with Crippen LogP contribution in [0.5, 0.6) is 0 Å². The highest BCUT2D eigenvalue weighted by Crippen LogP contribution is 2.29. The second-order valence-electron chi connectivity index (χ2n) is 4.81. The van der Waals surface area contributed by atoms with Crippen LogP contribution < -0.4 is 0 Å². The number of fused-ring (bicyclic) bond motifs is 1. The lowest BCUT2D eigenvalue weighted by Crippen LogP contribution is -2.21. The van der Waals surface area contributed by atoms with Gasteiger partial charge in [0.05, 0.1) is 11.0 Å². The van der Waals surface area contributed by atoms with Crippen LogP contribution in [0.15, 0.2) is 18.2 Å². The highest BCUT2D eigenvalue weighted by atomic mass is 35.5. The zero-order valence-corrected chi connectivity index (χ0v) is 12.1. The summed E-state index contributed by atoms with van der Waals surface area (Å²) < 4.78 is 7.76. The lowest BCUT2D eigenvalue weighted by molar-refractivity contribution is 0.0699. The lowest BCUT2D eigenvalue weighted by atomic mass is 10.1. The Labute approximate surface area is 122 Å². The molecule has 0 amide bonds. The van der Waals surface area contributed by atoms with Gasteiger partial charge in [-0.25, -0.2) is 4.98 Å². The van der Waals surface area contributed by atoms with Crippen LogP contribution in [-0.2, 0) is 11.2 Å². The molecule has 3 rings (SSSR count). The Kier molecular flexibility index (Phi) is 3.96. The molecule has 102 valence electrons. The molecule has 0 spiro atoms. The van der Waals surface area contributed by atoms with Gasteiger partial charge in [-0.15, -0.1) is 11.6 Å². The number of alkyl halides is 1. The zero-order chi connectivity index (χ0) is 13.2. The molecule has 0 N–H and O–H groups in total. The van der Waals surface area contributed by atoms with Crippen molar-refractivity contribution >= 4 is 34.2 Å². The quantitative estimate of drug-likeness (QED) is 0.806. The second kappa shape index (κ2) is 5.70. The molecular weight excluding hydrogens is 283 g/mol. The molecule has 0 saturated carbocycles. The van der Waals surface area contributed by atoms with Crippen LogP contribution in [0, 0.1) is 0 Å². The number of hydrogen-bond acceptors (Lipinski definition) is 2. The normalized spacial score (nSPS) is 17.2. The molecule has 2 heterocycles. The van der Waals surface area contributed by atoms with E-state index in [1.165, 1.54) is 0 Å². The summed E-state index contributed by atoms with van der Waals surface area (Å²) in [5, 5.41) is 0.748. The first-order valence-corrected chi connectivity index (χ1v) is 7.51. The minimum absolute atomic E-state index is 0.440. The van der Waals surface area contributed by atoms with Gasteiger partial charge in [0.2, 0.25) is 0 Å². The number of benzene rings is 1. The first-order valence-electron chi connectivity index (χ1n) is 6.59. The average molecular weight is 299 g/mol. The predicted molar refractivity (Wildman–Crippen MR) is 78.3 cm³/mol. The van der Waals surface area contributed by atoms with Crippen LogP contribution in [0.25, 0.3) is 11.0 Å². The number of imidazole rings is 1. The Bertz CT molecular complexity index is 576. The summed E-state index contributed by atoms with van der Waals surface area (Å²) in [6, 6.07) is 6.30. The molecule has 1 fully saturated rings. The summed E-state index contributed by atoms with van der Waals surface area (Å²) in [4.78, 5) is 4.70. The summed E-state index contributed by atoms with van der Waals surface area (Å²) in [6.07, 6.45) is 2.83. The molecule has 1 aromatic carbocycles. The van der Waals surface area contributed by atoms with E-state index in [0.29, 0.717) is 11.9 Å². The molecule has 0 aliphatic carbocycles. The van der Waals surface area contributed by atoms with Gasteiger partial charge in [0.25, 0.3) is 0 Å². The topological polar surface area (TPSA) is 27.1 Å². The molecular formula is C14H16Cl2N2O. The van der Waals surface area contributed by atoms with Crippen molar-refractivity contribution in [3.8, 4) is 0 Å². The molecule has 1 saturated heterocycles. The standard InChI is InChI=1S/C14H16Cl2N2O/c15-6-3-14-17-12-2-1-10(16)9-13(12)18(14)11-4-7-19-8-5-11/h1-2,9,11H,3-8H2. The largest absolute Gasteiger partial charge is 0.381 e.